The first kappa shape index (κ1) is 36.3. The van der Waals surface area contributed by atoms with E-state index < -0.39 is 11.6 Å². The number of piperidine rings is 1. The number of hydrogen-bond acceptors (Lipinski definition) is 7. The van der Waals surface area contributed by atoms with E-state index in [-0.39, 0.29) is 17.7 Å². The smallest absolute Gasteiger partial charge is 0.262 e. The minimum atomic E-state index is -1.05. The molecule has 1 aromatic heterocycles. The van der Waals surface area contributed by atoms with Gasteiger partial charge >= 0.3 is 0 Å². The summed E-state index contributed by atoms with van der Waals surface area (Å²) in [6.45, 7) is 11.7. The molecule has 3 amide bonds. The van der Waals surface area contributed by atoms with E-state index in [0.29, 0.717) is 36.6 Å². The van der Waals surface area contributed by atoms with Crippen LogP contribution in [0.25, 0.3) is 10.1 Å². The lowest BCUT2D eigenvalue weighted by atomic mass is 9.93. The third-order valence-electron chi connectivity index (χ3n) is 11.1. The fourth-order valence-electron chi connectivity index (χ4n) is 7.97. The van der Waals surface area contributed by atoms with Gasteiger partial charge in [-0.1, -0.05) is 49.2 Å². The van der Waals surface area contributed by atoms with Crippen molar-refractivity contribution in [3.63, 3.8) is 0 Å². The molecule has 9 nitrogen and oxygen atoms in total. The molecule has 0 bridgehead atoms. The van der Waals surface area contributed by atoms with Crippen LogP contribution >= 0.6 is 11.3 Å². The Balaban J connectivity index is 1.09. The van der Waals surface area contributed by atoms with Gasteiger partial charge in [0, 0.05) is 56.2 Å². The van der Waals surface area contributed by atoms with Crippen molar-refractivity contribution in [3.05, 3.63) is 65.0 Å². The molecule has 2 aromatic carbocycles. The predicted octanol–water partition coefficient (Wildman–Crippen LogP) is 5.77. The zero-order valence-electron chi connectivity index (χ0n) is 29.9. The van der Waals surface area contributed by atoms with Crippen LogP contribution in [0.3, 0.4) is 0 Å². The second kappa shape index (κ2) is 17.2. The van der Waals surface area contributed by atoms with Gasteiger partial charge in [0.15, 0.2) is 0 Å². The Morgan fingerprint density at radius 3 is 2.36 bits per heavy atom. The van der Waals surface area contributed by atoms with Crippen LogP contribution in [0.2, 0.25) is 0 Å². The lowest BCUT2D eigenvalue weighted by molar-refractivity contribution is -0.132. The van der Waals surface area contributed by atoms with Gasteiger partial charge in [0.1, 0.15) is 11.6 Å². The average molecular weight is 702 g/mol. The lowest BCUT2D eigenvalue weighted by Crippen LogP contribution is -2.61. The number of thiophene rings is 1. The Kier molecular flexibility index (Phi) is 12.5. The number of ether oxygens (including phenoxy) is 1. The standard InChI is InChI=1S/C40H55N5O4S/c1-3-45(4-2)33-13-12-32-25-36(50-35(32)26-33)38(47)43-40(18-8-9-19-40)39(48)42-34(24-29-10-6-5-7-11-29)37(46)41-27-30-14-20-44(21-15-30)28-31-16-22-49-23-17-31/h5-7,10-13,25-26,30-31,34H,3-4,8-9,14-24,27-28H2,1-2H3,(H,41,46)(H,42,48)(H,43,47)/t34-/m1/s1. The normalized spacial score (nSPS) is 19.2. The van der Waals surface area contributed by atoms with E-state index in [1.807, 2.05) is 36.4 Å². The maximum atomic E-state index is 14.2. The number of rotatable bonds is 14. The summed E-state index contributed by atoms with van der Waals surface area (Å²) in [5.41, 5.74) is 1.07. The molecular weight excluding hydrogens is 647 g/mol. The highest BCUT2D eigenvalue weighted by Crippen LogP contribution is 2.33. The average Bonchev–Trinajstić information content (AvgIpc) is 3.80. The molecule has 3 heterocycles. The van der Waals surface area contributed by atoms with Gasteiger partial charge < -0.3 is 30.5 Å². The third-order valence-corrected chi connectivity index (χ3v) is 12.2. The first-order valence-corrected chi connectivity index (χ1v) is 19.7. The van der Waals surface area contributed by atoms with Gasteiger partial charge in [0.25, 0.3) is 5.91 Å². The van der Waals surface area contributed by atoms with E-state index in [1.54, 1.807) is 0 Å². The molecule has 6 rings (SSSR count). The molecule has 3 N–H and O–H groups in total. The van der Waals surface area contributed by atoms with Crippen molar-refractivity contribution < 1.29 is 19.1 Å². The number of fused-ring (bicyclic) bond motifs is 1. The summed E-state index contributed by atoms with van der Waals surface area (Å²) < 4.78 is 6.58. The Hall–Kier alpha value is -3.47. The van der Waals surface area contributed by atoms with E-state index >= 15 is 0 Å². The number of nitrogens with one attached hydrogen (secondary N) is 3. The third kappa shape index (κ3) is 9.06. The molecule has 0 unspecified atom stereocenters. The Labute approximate surface area is 301 Å². The molecule has 1 saturated carbocycles. The number of amides is 3. The number of carbonyl (C=O) groups is 3. The van der Waals surface area contributed by atoms with Crippen molar-refractivity contribution in [2.75, 3.05) is 57.4 Å². The minimum absolute atomic E-state index is 0.167. The van der Waals surface area contributed by atoms with Gasteiger partial charge in [-0.2, -0.15) is 0 Å². The Morgan fingerprint density at radius 2 is 1.66 bits per heavy atom. The second-order valence-corrected chi connectivity index (χ2v) is 15.6. The van der Waals surface area contributed by atoms with Gasteiger partial charge in [-0.15, -0.1) is 11.3 Å². The zero-order chi connectivity index (χ0) is 34.9. The fourth-order valence-corrected chi connectivity index (χ4v) is 8.97. The Bertz CT molecular complexity index is 1570. The highest BCUT2D eigenvalue weighted by atomic mass is 32.1. The van der Waals surface area contributed by atoms with Crippen molar-refractivity contribution in [1.82, 2.24) is 20.9 Å². The van der Waals surface area contributed by atoms with E-state index in [9.17, 15) is 14.4 Å². The van der Waals surface area contributed by atoms with Crippen LogP contribution in [-0.2, 0) is 20.7 Å². The summed E-state index contributed by atoms with van der Waals surface area (Å²) in [6, 6.07) is 17.3. The van der Waals surface area contributed by atoms with Crippen LogP contribution in [0.4, 0.5) is 5.69 Å². The maximum absolute atomic E-state index is 14.2. The summed E-state index contributed by atoms with van der Waals surface area (Å²) in [4.78, 5) is 47.2. The van der Waals surface area contributed by atoms with Crippen LogP contribution in [0.1, 0.15) is 80.4 Å². The van der Waals surface area contributed by atoms with Gasteiger partial charge in [-0.3, -0.25) is 14.4 Å². The van der Waals surface area contributed by atoms with Gasteiger partial charge in [-0.05, 0) is 106 Å². The fraction of sp³-hybridized carbons (Fsp3) is 0.575. The number of benzene rings is 2. The van der Waals surface area contributed by atoms with Gasteiger partial charge in [-0.25, -0.2) is 0 Å². The first-order chi connectivity index (χ1) is 24.4. The summed E-state index contributed by atoms with van der Waals surface area (Å²) in [6.07, 6.45) is 7.59. The van der Waals surface area contributed by atoms with Crippen molar-refractivity contribution in [2.45, 2.75) is 83.2 Å². The minimum Gasteiger partial charge on any atom is -0.381 e. The van der Waals surface area contributed by atoms with E-state index in [1.165, 1.54) is 11.3 Å². The predicted molar refractivity (Wildman–Crippen MR) is 202 cm³/mol. The van der Waals surface area contributed by atoms with Crippen molar-refractivity contribution in [2.24, 2.45) is 11.8 Å². The monoisotopic (exact) mass is 701 g/mol. The van der Waals surface area contributed by atoms with E-state index in [2.05, 4.69) is 57.8 Å². The van der Waals surface area contributed by atoms with Gasteiger partial charge in [0.2, 0.25) is 11.8 Å². The maximum Gasteiger partial charge on any atom is 0.262 e. The molecule has 50 heavy (non-hydrogen) atoms. The molecule has 3 fully saturated rings. The molecule has 0 radical (unpaired) electrons. The molecule has 2 saturated heterocycles. The number of anilines is 1. The van der Waals surface area contributed by atoms with Crippen LogP contribution in [0.15, 0.2) is 54.6 Å². The molecule has 10 heteroatoms. The van der Waals surface area contributed by atoms with Crippen LogP contribution in [0.5, 0.6) is 0 Å². The molecule has 3 aromatic rings. The summed E-state index contributed by atoms with van der Waals surface area (Å²) in [5, 5.41) is 10.5. The van der Waals surface area contributed by atoms with Crippen molar-refractivity contribution >= 4 is 44.8 Å². The first-order valence-electron chi connectivity index (χ1n) is 18.9. The van der Waals surface area contributed by atoms with Crippen LogP contribution in [0, 0.1) is 11.8 Å². The van der Waals surface area contributed by atoms with E-state index in [0.717, 1.165) is 112 Å². The largest absolute Gasteiger partial charge is 0.381 e. The van der Waals surface area contributed by atoms with Crippen LogP contribution in [-0.4, -0.2) is 86.7 Å². The van der Waals surface area contributed by atoms with E-state index in [4.69, 9.17) is 4.74 Å². The van der Waals surface area contributed by atoms with Crippen molar-refractivity contribution in [1.29, 1.82) is 0 Å². The molecular formula is C40H55N5O4S. The zero-order valence-corrected chi connectivity index (χ0v) is 30.7. The van der Waals surface area contributed by atoms with Crippen molar-refractivity contribution in [3.8, 4) is 0 Å². The molecule has 270 valence electrons. The highest BCUT2D eigenvalue weighted by Gasteiger charge is 2.44. The molecule has 1 aliphatic carbocycles. The summed E-state index contributed by atoms with van der Waals surface area (Å²) >= 11 is 1.46. The number of nitrogens with zero attached hydrogens (tertiary/aromatic N) is 2. The summed E-state index contributed by atoms with van der Waals surface area (Å²) in [7, 11) is 0. The lowest BCUT2D eigenvalue weighted by Gasteiger charge is -2.35. The highest BCUT2D eigenvalue weighted by molar-refractivity contribution is 7.20. The molecule has 2 aliphatic heterocycles. The topological polar surface area (TPSA) is 103 Å². The number of carbonyl (C=O) groups excluding carboxylic acids is 3. The van der Waals surface area contributed by atoms with Crippen LogP contribution < -0.4 is 20.9 Å². The molecule has 1 atom stereocenters. The number of hydrogen-bond donors (Lipinski definition) is 3. The number of likely N-dealkylation sites (tertiary alicyclic amines) is 1. The molecule has 3 aliphatic rings. The summed E-state index contributed by atoms with van der Waals surface area (Å²) in [5.74, 6) is 0.472. The Morgan fingerprint density at radius 1 is 0.940 bits per heavy atom. The quantitative estimate of drug-likeness (QED) is 0.197. The van der Waals surface area contributed by atoms with Gasteiger partial charge in [0.05, 0.1) is 4.88 Å². The SMILES string of the molecule is CCN(CC)c1ccc2cc(C(=O)NC3(C(=O)N[C@H](Cc4ccccc4)C(=O)NCC4CCN(CC5CCOCC5)CC4)CCCC3)sc2c1. The second-order valence-electron chi connectivity index (χ2n) is 14.5. The molecule has 0 spiro atoms.